The first-order valence-corrected chi connectivity index (χ1v) is 7.65. The average Bonchev–Trinajstić information content (AvgIpc) is 2.19. The van der Waals surface area contributed by atoms with E-state index >= 15 is 0 Å². The van der Waals surface area contributed by atoms with Gasteiger partial charge in [0.05, 0.1) is 16.7 Å². The van der Waals surface area contributed by atoms with Crippen LogP contribution in [0.1, 0.15) is 19.3 Å². The quantitative estimate of drug-likeness (QED) is 0.638. The van der Waals surface area contributed by atoms with Gasteiger partial charge in [0.15, 0.2) is 5.75 Å². The lowest BCUT2D eigenvalue weighted by Crippen LogP contribution is -2.37. The fourth-order valence-corrected chi connectivity index (χ4v) is 3.53. The molecule has 0 aliphatic heterocycles. The largest absolute Gasteiger partial charge is 0.490 e. The van der Waals surface area contributed by atoms with Gasteiger partial charge in [-0.1, -0.05) is 57.2 Å². The molecule has 1 aromatic rings. The van der Waals surface area contributed by atoms with Gasteiger partial charge in [0, 0.05) is 15.8 Å². The van der Waals surface area contributed by atoms with E-state index in [1.165, 1.54) is 19.3 Å². The van der Waals surface area contributed by atoms with Crippen LogP contribution in [0.25, 0.3) is 0 Å². The molecule has 1 aromatic carbocycles. The molecule has 94 valence electrons. The first-order chi connectivity index (χ1) is 8.06. The van der Waals surface area contributed by atoms with Crippen molar-refractivity contribution >= 4 is 50.7 Å². The van der Waals surface area contributed by atoms with Crippen molar-refractivity contribution in [3.05, 3.63) is 27.2 Å². The SMILES string of the molecule is Clc1cc(Cl)c(OCC2(CBr)CCC2)c(Cl)c1. The van der Waals surface area contributed by atoms with Crippen molar-refractivity contribution in [3.8, 4) is 5.75 Å². The average molecular weight is 358 g/mol. The first-order valence-electron chi connectivity index (χ1n) is 5.40. The molecule has 0 bridgehead atoms. The Morgan fingerprint density at radius 1 is 1.18 bits per heavy atom. The molecule has 5 heteroatoms. The second kappa shape index (κ2) is 5.56. The Bertz CT molecular complexity index is 390. The van der Waals surface area contributed by atoms with Gasteiger partial charge in [0.1, 0.15) is 0 Å². The fraction of sp³-hybridized carbons (Fsp3) is 0.500. The van der Waals surface area contributed by atoms with E-state index in [0.717, 1.165) is 5.33 Å². The van der Waals surface area contributed by atoms with Crippen LogP contribution in [0.3, 0.4) is 0 Å². The van der Waals surface area contributed by atoms with Crippen molar-refractivity contribution < 1.29 is 4.74 Å². The topological polar surface area (TPSA) is 9.23 Å². The third-order valence-electron chi connectivity index (χ3n) is 3.18. The zero-order valence-corrected chi connectivity index (χ0v) is 13.0. The smallest absolute Gasteiger partial charge is 0.156 e. The summed E-state index contributed by atoms with van der Waals surface area (Å²) < 4.78 is 5.77. The summed E-state index contributed by atoms with van der Waals surface area (Å²) in [6.45, 7) is 0.638. The van der Waals surface area contributed by atoms with Crippen LogP contribution in [-0.4, -0.2) is 11.9 Å². The Kier molecular flexibility index (Phi) is 4.51. The molecule has 0 amide bonds. The fourth-order valence-electron chi connectivity index (χ4n) is 1.89. The van der Waals surface area contributed by atoms with E-state index < -0.39 is 0 Å². The summed E-state index contributed by atoms with van der Waals surface area (Å²) in [7, 11) is 0. The highest BCUT2D eigenvalue weighted by atomic mass is 79.9. The van der Waals surface area contributed by atoms with Crippen molar-refractivity contribution in [2.45, 2.75) is 19.3 Å². The minimum atomic E-state index is 0.242. The van der Waals surface area contributed by atoms with Crippen molar-refractivity contribution in [2.75, 3.05) is 11.9 Å². The molecule has 0 radical (unpaired) electrons. The Hall–Kier alpha value is 0.370. The van der Waals surface area contributed by atoms with E-state index in [2.05, 4.69) is 15.9 Å². The molecule has 0 heterocycles. The first kappa shape index (κ1) is 13.8. The Morgan fingerprint density at radius 2 is 1.76 bits per heavy atom. The molecule has 0 unspecified atom stereocenters. The minimum Gasteiger partial charge on any atom is -0.490 e. The molecule has 0 aromatic heterocycles. The molecule has 1 fully saturated rings. The molecule has 17 heavy (non-hydrogen) atoms. The maximum atomic E-state index is 6.06. The number of alkyl halides is 1. The zero-order chi connectivity index (χ0) is 12.5. The lowest BCUT2D eigenvalue weighted by Gasteiger charge is -2.40. The highest BCUT2D eigenvalue weighted by Crippen LogP contribution is 2.44. The van der Waals surface area contributed by atoms with Crippen molar-refractivity contribution in [1.29, 1.82) is 0 Å². The van der Waals surface area contributed by atoms with Gasteiger partial charge in [-0.25, -0.2) is 0 Å². The van der Waals surface area contributed by atoms with Crippen LogP contribution >= 0.6 is 50.7 Å². The summed E-state index contributed by atoms with van der Waals surface area (Å²) in [5.41, 5.74) is 0.242. The summed E-state index contributed by atoms with van der Waals surface area (Å²) >= 11 is 21.5. The predicted molar refractivity (Wildman–Crippen MR) is 77.0 cm³/mol. The number of rotatable bonds is 4. The van der Waals surface area contributed by atoms with E-state index in [4.69, 9.17) is 39.5 Å². The van der Waals surface area contributed by atoms with Gasteiger partial charge < -0.3 is 4.74 Å². The van der Waals surface area contributed by atoms with Crippen molar-refractivity contribution in [1.82, 2.24) is 0 Å². The van der Waals surface area contributed by atoms with Gasteiger partial charge in [-0.05, 0) is 25.0 Å². The summed E-state index contributed by atoms with van der Waals surface area (Å²) in [5, 5.41) is 2.40. The normalized spacial score (nSPS) is 17.6. The molecule has 0 spiro atoms. The molecule has 0 N–H and O–H groups in total. The number of benzene rings is 1. The highest BCUT2D eigenvalue weighted by Gasteiger charge is 2.37. The second-order valence-corrected chi connectivity index (χ2v) is 6.29. The standard InChI is InChI=1S/C12H12BrCl3O/c13-6-12(2-1-3-12)7-17-11-9(15)4-8(14)5-10(11)16/h4-5H,1-3,6-7H2. The molecule has 2 rings (SSSR count). The van der Waals surface area contributed by atoms with Crippen LogP contribution in [0.5, 0.6) is 5.75 Å². The van der Waals surface area contributed by atoms with E-state index in [0.29, 0.717) is 27.4 Å². The molecular weight excluding hydrogens is 346 g/mol. The van der Waals surface area contributed by atoms with Gasteiger partial charge in [0.25, 0.3) is 0 Å². The van der Waals surface area contributed by atoms with E-state index in [-0.39, 0.29) is 5.41 Å². The van der Waals surface area contributed by atoms with Crippen LogP contribution < -0.4 is 4.74 Å². The third kappa shape index (κ3) is 3.04. The van der Waals surface area contributed by atoms with Gasteiger partial charge in [-0.2, -0.15) is 0 Å². The Balaban J connectivity index is 2.09. The maximum Gasteiger partial charge on any atom is 0.156 e. The van der Waals surface area contributed by atoms with Gasteiger partial charge in [-0.15, -0.1) is 0 Å². The maximum absolute atomic E-state index is 6.06. The number of halogens is 4. The van der Waals surface area contributed by atoms with E-state index in [1.807, 2.05) is 0 Å². The van der Waals surface area contributed by atoms with Crippen LogP contribution in [0.15, 0.2) is 12.1 Å². The number of ether oxygens (including phenoxy) is 1. The van der Waals surface area contributed by atoms with Crippen LogP contribution in [0.2, 0.25) is 15.1 Å². The van der Waals surface area contributed by atoms with Gasteiger partial charge in [-0.3, -0.25) is 0 Å². The van der Waals surface area contributed by atoms with Crippen molar-refractivity contribution in [2.24, 2.45) is 5.41 Å². The minimum absolute atomic E-state index is 0.242. The molecule has 0 atom stereocenters. The van der Waals surface area contributed by atoms with Gasteiger partial charge in [0.2, 0.25) is 0 Å². The highest BCUT2D eigenvalue weighted by molar-refractivity contribution is 9.09. The van der Waals surface area contributed by atoms with Gasteiger partial charge >= 0.3 is 0 Å². The lowest BCUT2D eigenvalue weighted by molar-refractivity contribution is 0.0839. The Morgan fingerprint density at radius 3 is 2.18 bits per heavy atom. The summed E-state index contributed by atoms with van der Waals surface area (Å²) in [6, 6.07) is 3.29. The molecule has 1 saturated carbocycles. The predicted octanol–water partition coefficient (Wildman–Crippen LogP) is 5.59. The summed E-state index contributed by atoms with van der Waals surface area (Å²) in [6.07, 6.45) is 3.62. The second-order valence-electron chi connectivity index (χ2n) is 4.47. The molecule has 1 nitrogen and oxygen atoms in total. The zero-order valence-electron chi connectivity index (χ0n) is 9.11. The van der Waals surface area contributed by atoms with Crippen LogP contribution in [0, 0.1) is 5.41 Å². The Labute approximate surface area is 125 Å². The molecule has 1 aliphatic carbocycles. The lowest BCUT2D eigenvalue weighted by atomic mass is 9.71. The van der Waals surface area contributed by atoms with Crippen LogP contribution in [-0.2, 0) is 0 Å². The van der Waals surface area contributed by atoms with Crippen molar-refractivity contribution in [3.63, 3.8) is 0 Å². The molecular formula is C12H12BrCl3O. The van der Waals surface area contributed by atoms with E-state index in [1.54, 1.807) is 12.1 Å². The third-order valence-corrected chi connectivity index (χ3v) is 5.15. The van der Waals surface area contributed by atoms with Crippen LogP contribution in [0.4, 0.5) is 0 Å². The van der Waals surface area contributed by atoms with E-state index in [9.17, 15) is 0 Å². The monoisotopic (exact) mass is 356 g/mol. The summed E-state index contributed by atoms with van der Waals surface area (Å²) in [4.78, 5) is 0. The number of hydrogen-bond acceptors (Lipinski definition) is 1. The summed E-state index contributed by atoms with van der Waals surface area (Å²) in [5.74, 6) is 0.532. The molecule has 1 aliphatic rings. The number of hydrogen-bond donors (Lipinski definition) is 0. The molecule has 0 saturated heterocycles.